The van der Waals surface area contributed by atoms with Crippen molar-refractivity contribution in [2.24, 2.45) is 11.7 Å². The summed E-state index contributed by atoms with van der Waals surface area (Å²) in [5.74, 6) is 3.53. The van der Waals surface area contributed by atoms with Gasteiger partial charge in [-0.25, -0.2) is 0 Å². The van der Waals surface area contributed by atoms with Crippen molar-refractivity contribution in [1.29, 1.82) is 0 Å². The number of hydrogen-bond acceptors (Lipinski definition) is 3. The SMILES string of the molecule is NCC1CN(C2CSC2)C1. The summed E-state index contributed by atoms with van der Waals surface area (Å²) in [6.07, 6.45) is 0. The van der Waals surface area contributed by atoms with Gasteiger partial charge in [0.2, 0.25) is 0 Å². The van der Waals surface area contributed by atoms with Crippen molar-refractivity contribution in [1.82, 2.24) is 4.90 Å². The summed E-state index contributed by atoms with van der Waals surface area (Å²) in [5, 5.41) is 0. The van der Waals surface area contributed by atoms with Gasteiger partial charge in [0.1, 0.15) is 0 Å². The molecular weight excluding hydrogens is 144 g/mol. The highest BCUT2D eigenvalue weighted by molar-refractivity contribution is 8.00. The highest BCUT2D eigenvalue weighted by atomic mass is 32.2. The standard InChI is InChI=1S/C7H14N2S/c8-1-6-2-9(3-6)7-4-10-5-7/h6-7H,1-5,8H2. The van der Waals surface area contributed by atoms with E-state index in [0.29, 0.717) is 0 Å². The molecule has 0 aromatic heterocycles. The monoisotopic (exact) mass is 158 g/mol. The summed E-state index contributed by atoms with van der Waals surface area (Å²) in [4.78, 5) is 2.56. The first-order valence-electron chi connectivity index (χ1n) is 3.92. The molecule has 2 heterocycles. The van der Waals surface area contributed by atoms with Crippen molar-refractivity contribution >= 4 is 11.8 Å². The zero-order chi connectivity index (χ0) is 6.97. The van der Waals surface area contributed by atoms with E-state index in [1.165, 1.54) is 24.6 Å². The summed E-state index contributed by atoms with van der Waals surface area (Å²) in [5.41, 5.74) is 5.52. The van der Waals surface area contributed by atoms with Crippen molar-refractivity contribution in [3.8, 4) is 0 Å². The van der Waals surface area contributed by atoms with E-state index in [-0.39, 0.29) is 0 Å². The number of thioether (sulfide) groups is 1. The zero-order valence-electron chi connectivity index (χ0n) is 6.12. The van der Waals surface area contributed by atoms with Gasteiger partial charge in [-0.1, -0.05) is 0 Å². The Labute approximate surface area is 66.1 Å². The van der Waals surface area contributed by atoms with Crippen LogP contribution in [0, 0.1) is 5.92 Å². The first-order valence-corrected chi connectivity index (χ1v) is 5.07. The largest absolute Gasteiger partial charge is 0.330 e. The molecule has 0 aromatic carbocycles. The Kier molecular flexibility index (Phi) is 1.89. The Morgan fingerprint density at radius 1 is 1.40 bits per heavy atom. The molecule has 10 heavy (non-hydrogen) atoms. The van der Waals surface area contributed by atoms with Crippen LogP contribution in [0.4, 0.5) is 0 Å². The van der Waals surface area contributed by atoms with E-state index < -0.39 is 0 Å². The van der Waals surface area contributed by atoms with Gasteiger partial charge in [0.05, 0.1) is 0 Å². The van der Waals surface area contributed by atoms with Gasteiger partial charge < -0.3 is 5.73 Å². The Morgan fingerprint density at radius 3 is 2.50 bits per heavy atom. The molecule has 0 atom stereocenters. The molecule has 0 amide bonds. The molecule has 0 aromatic rings. The Morgan fingerprint density at radius 2 is 2.10 bits per heavy atom. The Hall–Kier alpha value is 0.270. The maximum atomic E-state index is 5.52. The van der Waals surface area contributed by atoms with Crippen LogP contribution in [0.5, 0.6) is 0 Å². The van der Waals surface area contributed by atoms with E-state index in [1.807, 2.05) is 0 Å². The number of rotatable bonds is 2. The lowest BCUT2D eigenvalue weighted by Crippen LogP contribution is -2.58. The van der Waals surface area contributed by atoms with Crippen LogP contribution in [-0.4, -0.2) is 42.1 Å². The second-order valence-corrected chi connectivity index (χ2v) is 4.32. The minimum atomic E-state index is 0.811. The van der Waals surface area contributed by atoms with Crippen molar-refractivity contribution in [2.45, 2.75) is 6.04 Å². The van der Waals surface area contributed by atoms with E-state index in [9.17, 15) is 0 Å². The molecule has 2 rings (SSSR count). The lowest BCUT2D eigenvalue weighted by atomic mass is 9.98. The quantitative estimate of drug-likeness (QED) is 0.613. The maximum Gasteiger partial charge on any atom is 0.0277 e. The summed E-state index contributed by atoms with van der Waals surface area (Å²) in [7, 11) is 0. The van der Waals surface area contributed by atoms with E-state index in [2.05, 4.69) is 16.7 Å². The molecule has 0 radical (unpaired) electrons. The number of hydrogen-bond donors (Lipinski definition) is 1. The fraction of sp³-hybridized carbons (Fsp3) is 1.00. The molecule has 2 saturated heterocycles. The number of nitrogens with zero attached hydrogens (tertiary/aromatic N) is 1. The molecule has 2 aliphatic heterocycles. The van der Waals surface area contributed by atoms with E-state index in [0.717, 1.165) is 18.5 Å². The first kappa shape index (κ1) is 6.95. The number of nitrogens with two attached hydrogens (primary N) is 1. The van der Waals surface area contributed by atoms with Gasteiger partial charge in [-0.3, -0.25) is 4.90 Å². The fourth-order valence-electron chi connectivity index (χ4n) is 1.49. The van der Waals surface area contributed by atoms with Crippen LogP contribution >= 0.6 is 11.8 Å². The third-order valence-corrected chi connectivity index (χ3v) is 3.70. The van der Waals surface area contributed by atoms with Gasteiger partial charge in [0, 0.05) is 30.6 Å². The van der Waals surface area contributed by atoms with Gasteiger partial charge in [0.25, 0.3) is 0 Å². The van der Waals surface area contributed by atoms with Crippen LogP contribution < -0.4 is 5.73 Å². The van der Waals surface area contributed by atoms with Gasteiger partial charge in [-0.05, 0) is 12.5 Å². The van der Waals surface area contributed by atoms with Crippen molar-refractivity contribution in [3.63, 3.8) is 0 Å². The molecule has 3 heteroatoms. The fourth-order valence-corrected chi connectivity index (χ4v) is 2.36. The predicted molar refractivity (Wildman–Crippen MR) is 45.2 cm³/mol. The van der Waals surface area contributed by atoms with Crippen LogP contribution in [-0.2, 0) is 0 Å². The predicted octanol–water partition coefficient (Wildman–Crippen LogP) is -0.00770. The minimum absolute atomic E-state index is 0.811. The average molecular weight is 158 g/mol. The lowest BCUT2D eigenvalue weighted by Gasteiger charge is -2.47. The molecule has 0 unspecified atom stereocenters. The second-order valence-electron chi connectivity index (χ2n) is 3.25. The Bertz CT molecular complexity index is 119. The van der Waals surface area contributed by atoms with Crippen LogP contribution in [0.1, 0.15) is 0 Å². The molecule has 2 aliphatic rings. The lowest BCUT2D eigenvalue weighted by molar-refractivity contribution is 0.0723. The molecule has 2 fully saturated rings. The highest BCUT2D eigenvalue weighted by Gasteiger charge is 2.34. The maximum absolute atomic E-state index is 5.52. The molecule has 58 valence electrons. The van der Waals surface area contributed by atoms with E-state index in [4.69, 9.17) is 5.73 Å². The molecule has 0 aliphatic carbocycles. The van der Waals surface area contributed by atoms with Gasteiger partial charge in [-0.2, -0.15) is 11.8 Å². The first-order chi connectivity index (χ1) is 4.90. The molecular formula is C7H14N2S. The molecule has 2 N–H and O–H groups in total. The normalized spacial score (nSPS) is 29.7. The topological polar surface area (TPSA) is 29.3 Å². The summed E-state index contributed by atoms with van der Waals surface area (Å²) >= 11 is 2.06. The van der Waals surface area contributed by atoms with Gasteiger partial charge in [-0.15, -0.1) is 0 Å². The van der Waals surface area contributed by atoms with Crippen molar-refractivity contribution in [2.75, 3.05) is 31.1 Å². The summed E-state index contributed by atoms with van der Waals surface area (Å²) < 4.78 is 0. The third kappa shape index (κ3) is 1.06. The average Bonchev–Trinajstić information content (AvgIpc) is 1.72. The number of likely N-dealkylation sites (tertiary alicyclic amines) is 1. The van der Waals surface area contributed by atoms with Gasteiger partial charge in [0.15, 0.2) is 0 Å². The summed E-state index contributed by atoms with van der Waals surface area (Å²) in [6.45, 7) is 3.42. The van der Waals surface area contributed by atoms with Crippen LogP contribution in [0.15, 0.2) is 0 Å². The van der Waals surface area contributed by atoms with Crippen LogP contribution in [0.2, 0.25) is 0 Å². The summed E-state index contributed by atoms with van der Waals surface area (Å²) in [6, 6.07) is 0.910. The Balaban J connectivity index is 1.69. The third-order valence-electron chi connectivity index (χ3n) is 2.46. The molecule has 0 saturated carbocycles. The van der Waals surface area contributed by atoms with Gasteiger partial charge >= 0.3 is 0 Å². The minimum Gasteiger partial charge on any atom is -0.330 e. The molecule has 2 nitrogen and oxygen atoms in total. The smallest absolute Gasteiger partial charge is 0.0277 e. The van der Waals surface area contributed by atoms with Crippen LogP contribution in [0.3, 0.4) is 0 Å². The van der Waals surface area contributed by atoms with Crippen LogP contribution in [0.25, 0.3) is 0 Å². The second kappa shape index (κ2) is 2.72. The molecule has 0 spiro atoms. The van der Waals surface area contributed by atoms with E-state index in [1.54, 1.807) is 0 Å². The zero-order valence-corrected chi connectivity index (χ0v) is 6.94. The van der Waals surface area contributed by atoms with Crippen molar-refractivity contribution < 1.29 is 0 Å². The highest BCUT2D eigenvalue weighted by Crippen LogP contribution is 2.28. The van der Waals surface area contributed by atoms with E-state index >= 15 is 0 Å². The van der Waals surface area contributed by atoms with Crippen molar-refractivity contribution in [3.05, 3.63) is 0 Å². The molecule has 0 bridgehead atoms.